The zero-order valence-corrected chi connectivity index (χ0v) is 21.8. The van der Waals surface area contributed by atoms with Crippen molar-refractivity contribution in [1.29, 1.82) is 0 Å². The SMILES string of the molecule is Cc1noc(C)c1S(=O)(=O)N1CCCN(CC(=O)c2cc(C)n(CCc3ccccc3)c2C)CC1. The fourth-order valence-electron chi connectivity index (χ4n) is 4.92. The fourth-order valence-corrected chi connectivity index (χ4v) is 6.68. The van der Waals surface area contributed by atoms with Gasteiger partial charge in [0, 0.05) is 43.1 Å². The number of carbonyl (C=O) groups excluding carboxylic acids is 1. The van der Waals surface area contributed by atoms with Gasteiger partial charge in [-0.15, -0.1) is 0 Å². The second-order valence-corrected chi connectivity index (χ2v) is 11.2. The molecule has 1 aliphatic rings. The minimum Gasteiger partial charge on any atom is -0.360 e. The molecule has 0 spiro atoms. The van der Waals surface area contributed by atoms with Gasteiger partial charge in [-0.05, 0) is 58.7 Å². The van der Waals surface area contributed by atoms with Gasteiger partial charge in [0.15, 0.2) is 11.5 Å². The predicted molar refractivity (Wildman–Crippen MR) is 134 cm³/mol. The third-order valence-electron chi connectivity index (χ3n) is 6.82. The monoisotopic (exact) mass is 498 g/mol. The lowest BCUT2D eigenvalue weighted by Gasteiger charge is -2.21. The van der Waals surface area contributed by atoms with E-state index in [1.54, 1.807) is 13.8 Å². The summed E-state index contributed by atoms with van der Waals surface area (Å²) in [6.07, 6.45) is 1.57. The topological polar surface area (TPSA) is 88.7 Å². The van der Waals surface area contributed by atoms with E-state index in [1.807, 2.05) is 38.1 Å². The molecule has 0 saturated carbocycles. The summed E-state index contributed by atoms with van der Waals surface area (Å²) in [5.74, 6) is 0.382. The Bertz CT molecular complexity index is 1270. The van der Waals surface area contributed by atoms with E-state index in [9.17, 15) is 13.2 Å². The van der Waals surface area contributed by atoms with Crippen LogP contribution >= 0.6 is 0 Å². The molecular weight excluding hydrogens is 464 g/mol. The largest absolute Gasteiger partial charge is 0.360 e. The van der Waals surface area contributed by atoms with Crippen LogP contribution in [0.25, 0.3) is 0 Å². The first-order valence-electron chi connectivity index (χ1n) is 12.1. The molecule has 8 nitrogen and oxygen atoms in total. The number of Topliss-reactive ketones (excluding diaryl/α,β-unsaturated/α-hetero) is 1. The third kappa shape index (κ3) is 5.42. The first-order chi connectivity index (χ1) is 16.7. The number of hydrogen-bond acceptors (Lipinski definition) is 6. The van der Waals surface area contributed by atoms with Crippen LogP contribution in [-0.4, -0.2) is 65.9 Å². The zero-order valence-electron chi connectivity index (χ0n) is 21.0. The molecule has 1 saturated heterocycles. The lowest BCUT2D eigenvalue weighted by atomic mass is 10.1. The molecule has 188 valence electrons. The van der Waals surface area contributed by atoms with E-state index in [2.05, 4.69) is 26.8 Å². The maximum absolute atomic E-state index is 13.2. The summed E-state index contributed by atoms with van der Waals surface area (Å²) in [7, 11) is -3.68. The Hall–Kier alpha value is -2.75. The molecule has 0 N–H and O–H groups in total. The molecule has 1 aliphatic heterocycles. The number of hydrogen-bond donors (Lipinski definition) is 0. The van der Waals surface area contributed by atoms with Gasteiger partial charge < -0.3 is 9.09 Å². The van der Waals surface area contributed by atoms with Gasteiger partial charge in [0.05, 0.1) is 6.54 Å². The highest BCUT2D eigenvalue weighted by Gasteiger charge is 2.32. The number of ketones is 1. The Morgan fingerprint density at radius 3 is 2.46 bits per heavy atom. The van der Waals surface area contributed by atoms with Crippen molar-refractivity contribution in [2.24, 2.45) is 0 Å². The molecule has 0 aliphatic carbocycles. The van der Waals surface area contributed by atoms with E-state index in [0.29, 0.717) is 44.1 Å². The van der Waals surface area contributed by atoms with Crippen molar-refractivity contribution in [2.45, 2.75) is 52.0 Å². The molecule has 0 amide bonds. The minimum absolute atomic E-state index is 0.0751. The van der Waals surface area contributed by atoms with Gasteiger partial charge in [-0.3, -0.25) is 9.69 Å². The van der Waals surface area contributed by atoms with E-state index >= 15 is 0 Å². The van der Waals surface area contributed by atoms with Gasteiger partial charge in [-0.2, -0.15) is 4.31 Å². The van der Waals surface area contributed by atoms with E-state index < -0.39 is 10.0 Å². The average molecular weight is 499 g/mol. The molecular formula is C26H34N4O4S. The van der Waals surface area contributed by atoms with Crippen molar-refractivity contribution in [2.75, 3.05) is 32.7 Å². The average Bonchev–Trinajstić information content (AvgIpc) is 3.19. The number of aromatic nitrogens is 2. The highest BCUT2D eigenvalue weighted by atomic mass is 32.2. The van der Waals surface area contributed by atoms with E-state index in [0.717, 1.165) is 29.9 Å². The Labute approximate surface area is 207 Å². The predicted octanol–water partition coefficient (Wildman–Crippen LogP) is 3.53. The van der Waals surface area contributed by atoms with Gasteiger partial charge in [-0.25, -0.2) is 8.42 Å². The number of nitrogens with zero attached hydrogens (tertiary/aromatic N) is 4. The molecule has 4 rings (SSSR count). The van der Waals surface area contributed by atoms with Crippen molar-refractivity contribution in [3.8, 4) is 0 Å². The quantitative estimate of drug-likeness (QED) is 0.442. The summed E-state index contributed by atoms with van der Waals surface area (Å²) < 4.78 is 35.1. The first-order valence-corrected chi connectivity index (χ1v) is 13.5. The second kappa shape index (κ2) is 10.5. The van der Waals surface area contributed by atoms with Gasteiger partial charge in [-0.1, -0.05) is 35.5 Å². The Morgan fingerprint density at radius 2 is 1.77 bits per heavy atom. The summed E-state index contributed by atoms with van der Waals surface area (Å²) in [6.45, 7) is 10.3. The van der Waals surface area contributed by atoms with Crippen LogP contribution < -0.4 is 0 Å². The highest BCUT2D eigenvalue weighted by molar-refractivity contribution is 7.89. The van der Waals surface area contributed by atoms with Crippen LogP contribution in [-0.2, 0) is 23.0 Å². The van der Waals surface area contributed by atoms with Crippen LogP contribution in [0.3, 0.4) is 0 Å². The first kappa shape index (κ1) is 25.3. The Morgan fingerprint density at radius 1 is 1.03 bits per heavy atom. The minimum atomic E-state index is -3.68. The summed E-state index contributed by atoms with van der Waals surface area (Å²) >= 11 is 0. The van der Waals surface area contributed by atoms with Crippen LogP contribution in [0.1, 0.15) is 45.2 Å². The number of rotatable bonds is 8. The van der Waals surface area contributed by atoms with Gasteiger partial charge in [0.25, 0.3) is 0 Å². The van der Waals surface area contributed by atoms with Crippen molar-refractivity contribution in [3.05, 3.63) is 70.4 Å². The van der Waals surface area contributed by atoms with Crippen molar-refractivity contribution in [3.63, 3.8) is 0 Å². The molecule has 1 aromatic carbocycles. The molecule has 0 radical (unpaired) electrons. The standard InChI is InChI=1S/C26H34N4O4S/c1-19-17-24(21(3)30(19)14-11-23-9-6-5-7-10-23)25(31)18-28-12-8-13-29(16-15-28)35(32,33)26-20(2)27-34-22(26)4/h5-7,9-10,17H,8,11-16,18H2,1-4H3. The molecule has 0 unspecified atom stereocenters. The Kier molecular flexibility index (Phi) is 7.59. The molecule has 0 bridgehead atoms. The zero-order chi connectivity index (χ0) is 25.2. The number of carbonyl (C=O) groups is 1. The molecule has 1 fully saturated rings. The molecule has 2 aromatic heterocycles. The highest BCUT2D eigenvalue weighted by Crippen LogP contribution is 2.24. The number of benzene rings is 1. The van der Waals surface area contributed by atoms with Gasteiger partial charge in [0.1, 0.15) is 10.6 Å². The van der Waals surface area contributed by atoms with Crippen molar-refractivity contribution >= 4 is 15.8 Å². The smallest absolute Gasteiger partial charge is 0.248 e. The fraction of sp³-hybridized carbons (Fsp3) is 0.462. The maximum Gasteiger partial charge on any atom is 0.248 e. The number of aryl methyl sites for hydroxylation is 4. The lowest BCUT2D eigenvalue weighted by Crippen LogP contribution is -2.37. The van der Waals surface area contributed by atoms with Crippen molar-refractivity contribution in [1.82, 2.24) is 18.9 Å². The van der Waals surface area contributed by atoms with Crippen LogP contribution in [0.2, 0.25) is 0 Å². The van der Waals surface area contributed by atoms with Crippen LogP contribution in [0, 0.1) is 27.7 Å². The van der Waals surface area contributed by atoms with Crippen LogP contribution in [0.5, 0.6) is 0 Å². The van der Waals surface area contributed by atoms with E-state index in [-0.39, 0.29) is 17.2 Å². The molecule has 3 aromatic rings. The molecule has 3 heterocycles. The van der Waals surface area contributed by atoms with E-state index in [1.165, 1.54) is 9.87 Å². The van der Waals surface area contributed by atoms with Crippen LogP contribution in [0.4, 0.5) is 0 Å². The maximum atomic E-state index is 13.2. The Balaban J connectivity index is 1.40. The second-order valence-electron chi connectivity index (χ2n) is 9.28. The normalized spacial score (nSPS) is 15.9. The summed E-state index contributed by atoms with van der Waals surface area (Å²) in [5, 5.41) is 3.80. The lowest BCUT2D eigenvalue weighted by molar-refractivity contribution is 0.0933. The van der Waals surface area contributed by atoms with Crippen molar-refractivity contribution < 1.29 is 17.7 Å². The number of sulfonamides is 1. The van der Waals surface area contributed by atoms with Crippen LogP contribution in [0.15, 0.2) is 45.8 Å². The van der Waals surface area contributed by atoms with E-state index in [4.69, 9.17) is 4.52 Å². The summed E-state index contributed by atoms with van der Waals surface area (Å²) in [6, 6.07) is 12.3. The molecule has 9 heteroatoms. The van der Waals surface area contributed by atoms with Gasteiger partial charge >= 0.3 is 0 Å². The molecule has 35 heavy (non-hydrogen) atoms. The summed E-state index contributed by atoms with van der Waals surface area (Å²) in [4.78, 5) is 15.4. The van der Waals surface area contributed by atoms with Gasteiger partial charge in [0.2, 0.25) is 10.0 Å². The third-order valence-corrected chi connectivity index (χ3v) is 8.97. The summed E-state index contributed by atoms with van der Waals surface area (Å²) in [5.41, 5.74) is 4.46. The molecule has 0 atom stereocenters.